The summed E-state index contributed by atoms with van der Waals surface area (Å²) in [5.74, 6) is -2.11. The van der Waals surface area contributed by atoms with Crippen LogP contribution in [-0.2, 0) is 38.7 Å². The van der Waals surface area contributed by atoms with E-state index in [0.717, 1.165) is 70.6 Å². The van der Waals surface area contributed by atoms with Gasteiger partial charge in [0.25, 0.3) is 10.1 Å². The molecule has 1 aliphatic rings. The van der Waals surface area contributed by atoms with Gasteiger partial charge in [-0.3, -0.25) is 14.1 Å². The van der Waals surface area contributed by atoms with Crippen LogP contribution in [0.5, 0.6) is 0 Å². The van der Waals surface area contributed by atoms with E-state index >= 15 is 0 Å². The van der Waals surface area contributed by atoms with Crippen molar-refractivity contribution in [3.8, 4) is 0 Å². The second-order valence-corrected chi connectivity index (χ2v) is 18.3. The normalized spacial score (nSPS) is 20.2. The van der Waals surface area contributed by atoms with Gasteiger partial charge >= 0.3 is 11.9 Å². The van der Waals surface area contributed by atoms with Crippen molar-refractivity contribution < 1.29 is 56.8 Å². The molecule has 2 unspecified atom stereocenters. The summed E-state index contributed by atoms with van der Waals surface area (Å²) < 4.78 is 54.1. The molecular weight excluding hydrogens is 861 g/mol. The molecule has 0 aromatic rings. The molecule has 6 atom stereocenters. The summed E-state index contributed by atoms with van der Waals surface area (Å²) in [6.07, 6.45) is 47.4. The summed E-state index contributed by atoms with van der Waals surface area (Å²) in [5.41, 5.74) is 0. The van der Waals surface area contributed by atoms with Gasteiger partial charge in [0.05, 0.1) is 6.61 Å². The van der Waals surface area contributed by atoms with Gasteiger partial charge in [-0.2, -0.15) is 8.42 Å². The van der Waals surface area contributed by atoms with Crippen molar-refractivity contribution in [2.45, 2.75) is 205 Å². The number of aliphatic hydroxyl groups is 3. The van der Waals surface area contributed by atoms with Gasteiger partial charge in [-0.15, -0.1) is 0 Å². The lowest BCUT2D eigenvalue weighted by atomic mass is 10.00. The second-order valence-electron chi connectivity index (χ2n) is 16.8. The highest BCUT2D eigenvalue weighted by Gasteiger charge is 2.46. The molecule has 0 saturated carbocycles. The monoisotopic (exact) mass is 947 g/mol. The van der Waals surface area contributed by atoms with Crippen LogP contribution in [0.1, 0.15) is 168 Å². The van der Waals surface area contributed by atoms with Crippen molar-refractivity contribution in [1.82, 2.24) is 0 Å². The van der Waals surface area contributed by atoms with Crippen LogP contribution in [0, 0.1) is 0 Å². The topological polar surface area (TPSA) is 186 Å². The lowest BCUT2D eigenvalue weighted by Gasteiger charge is -2.40. The number of carbonyl (C=O) groups is 2. The fourth-order valence-electron chi connectivity index (χ4n) is 6.78. The Labute approximate surface area is 398 Å². The van der Waals surface area contributed by atoms with Crippen LogP contribution in [0.3, 0.4) is 0 Å². The zero-order valence-electron chi connectivity index (χ0n) is 40.3. The van der Waals surface area contributed by atoms with Crippen LogP contribution < -0.4 is 0 Å². The van der Waals surface area contributed by atoms with Crippen LogP contribution in [0.4, 0.5) is 0 Å². The molecule has 0 aromatic carbocycles. The highest BCUT2D eigenvalue weighted by Crippen LogP contribution is 2.24. The largest absolute Gasteiger partial charge is 0.462 e. The highest BCUT2D eigenvalue weighted by molar-refractivity contribution is 7.85. The maximum atomic E-state index is 12.8. The van der Waals surface area contributed by atoms with Crippen LogP contribution >= 0.6 is 0 Å². The van der Waals surface area contributed by atoms with Gasteiger partial charge in [0, 0.05) is 12.8 Å². The van der Waals surface area contributed by atoms with E-state index in [-0.39, 0.29) is 19.4 Å². The molecule has 0 amide bonds. The zero-order chi connectivity index (χ0) is 48.4. The molecule has 1 heterocycles. The van der Waals surface area contributed by atoms with E-state index in [1.807, 2.05) is 12.2 Å². The van der Waals surface area contributed by atoms with Crippen LogP contribution in [-0.4, -0.2) is 96.0 Å². The first-order valence-corrected chi connectivity index (χ1v) is 26.4. The maximum absolute atomic E-state index is 12.8. The molecular formula is C53H86O12S. The third kappa shape index (κ3) is 35.7. The van der Waals surface area contributed by atoms with Gasteiger partial charge in [-0.1, -0.05) is 162 Å². The summed E-state index contributed by atoms with van der Waals surface area (Å²) in [5, 5.41) is 30.9. The number of rotatable bonds is 40. The Bertz CT molecular complexity index is 1580. The number of unbranched alkanes of at least 4 members (excludes halogenated alkanes) is 12. The minimum atomic E-state index is -4.62. The van der Waals surface area contributed by atoms with Crippen LogP contribution in [0.15, 0.2) is 97.2 Å². The van der Waals surface area contributed by atoms with Gasteiger partial charge < -0.3 is 34.3 Å². The van der Waals surface area contributed by atoms with E-state index in [1.54, 1.807) is 0 Å². The second kappa shape index (κ2) is 41.7. The van der Waals surface area contributed by atoms with E-state index < -0.39 is 71.2 Å². The van der Waals surface area contributed by atoms with Gasteiger partial charge in [-0.05, 0) is 89.9 Å². The summed E-state index contributed by atoms with van der Waals surface area (Å²) in [4.78, 5) is 25.5. The standard InChI is InChI=1S/C53H86O12S/c1-3-5-7-9-11-13-15-17-19-21-22-23-24-26-28-30-32-34-36-38-40-42-49(55)64-46(44-63-53-52(58)51(57)50(56)47(65-53)45-66(59,60)61)43-62-48(54)41-39-37-35-33-31-29-27-25-20-18-16-14-12-10-8-6-4-2/h8,10,14,16,19-21,23-25,28-31,34,36,46-47,50-53,56-58H,3-7,9,11-13,15,17-18,22,26-27,32-33,35,37-45H2,1-2H3,(H,59,60,61)/b10-8+,16-14+,21-19+,24-23+,25-20+,30-28+,31-29+,36-34+/t46-,47-,50-,51?,52?,53+/m1/s1. The average molecular weight is 947 g/mol. The molecule has 0 aliphatic carbocycles. The Balaban J connectivity index is 2.48. The first-order valence-electron chi connectivity index (χ1n) is 24.8. The summed E-state index contributed by atoms with van der Waals surface area (Å²) in [6.45, 7) is 3.61. The molecule has 12 nitrogen and oxygen atoms in total. The fraction of sp³-hybridized carbons (Fsp3) is 0.660. The number of carbonyl (C=O) groups excluding carboxylic acids is 2. The molecule has 0 aromatic heterocycles. The SMILES string of the molecule is CCC/C=C/C/C=C/C/C=C/C/C=C/CCCCCC(=O)OC[C@H](CO[C@H]1O[C@H](CS(=O)(=O)O)[C@@H](O)C(O)C1O)OC(=O)CCC/C=C/C/C=C/C/C=C/C/C=C/CCCCCCCCC. The Hall–Kier alpha value is -3.43. The summed E-state index contributed by atoms with van der Waals surface area (Å²) in [6, 6.07) is 0. The Morgan fingerprint density at radius 1 is 0.515 bits per heavy atom. The lowest BCUT2D eigenvalue weighted by molar-refractivity contribution is -0.297. The lowest BCUT2D eigenvalue weighted by Crippen LogP contribution is -2.60. The number of hydrogen-bond donors (Lipinski definition) is 4. The van der Waals surface area contributed by atoms with Gasteiger partial charge in [0.15, 0.2) is 12.4 Å². The molecule has 66 heavy (non-hydrogen) atoms. The predicted molar refractivity (Wildman–Crippen MR) is 265 cm³/mol. The molecule has 0 spiro atoms. The van der Waals surface area contributed by atoms with Crippen molar-refractivity contribution >= 4 is 22.1 Å². The first kappa shape index (κ1) is 60.6. The van der Waals surface area contributed by atoms with Crippen molar-refractivity contribution in [3.05, 3.63) is 97.2 Å². The number of aliphatic hydroxyl groups excluding tert-OH is 3. The quantitative estimate of drug-likeness (QED) is 0.0197. The zero-order valence-corrected chi connectivity index (χ0v) is 41.1. The third-order valence-corrected chi connectivity index (χ3v) is 11.4. The Morgan fingerprint density at radius 2 is 0.955 bits per heavy atom. The van der Waals surface area contributed by atoms with Gasteiger partial charge in [-0.25, -0.2) is 0 Å². The van der Waals surface area contributed by atoms with Crippen molar-refractivity contribution in [1.29, 1.82) is 0 Å². The Kier molecular flexibility index (Phi) is 38.3. The summed E-state index contributed by atoms with van der Waals surface area (Å²) in [7, 11) is -4.62. The average Bonchev–Trinajstić information content (AvgIpc) is 3.28. The molecule has 1 saturated heterocycles. The van der Waals surface area contributed by atoms with E-state index in [9.17, 15) is 37.9 Å². The van der Waals surface area contributed by atoms with Crippen molar-refractivity contribution in [2.24, 2.45) is 0 Å². The number of hydrogen-bond acceptors (Lipinski definition) is 11. The molecule has 1 rings (SSSR count). The van der Waals surface area contributed by atoms with Gasteiger partial charge in [0.2, 0.25) is 0 Å². The maximum Gasteiger partial charge on any atom is 0.306 e. The summed E-state index contributed by atoms with van der Waals surface area (Å²) >= 11 is 0. The highest BCUT2D eigenvalue weighted by atomic mass is 32.2. The molecule has 376 valence electrons. The van der Waals surface area contributed by atoms with E-state index in [0.29, 0.717) is 19.3 Å². The molecule has 1 fully saturated rings. The smallest absolute Gasteiger partial charge is 0.306 e. The van der Waals surface area contributed by atoms with Crippen molar-refractivity contribution in [2.75, 3.05) is 19.0 Å². The van der Waals surface area contributed by atoms with Crippen LogP contribution in [0.25, 0.3) is 0 Å². The molecule has 13 heteroatoms. The minimum Gasteiger partial charge on any atom is -0.462 e. The van der Waals surface area contributed by atoms with Crippen LogP contribution in [0.2, 0.25) is 0 Å². The molecule has 0 radical (unpaired) electrons. The van der Waals surface area contributed by atoms with E-state index in [1.165, 1.54) is 51.4 Å². The third-order valence-electron chi connectivity index (χ3n) is 10.6. The minimum absolute atomic E-state index is 0.0755. The van der Waals surface area contributed by atoms with Gasteiger partial charge in [0.1, 0.15) is 36.8 Å². The molecule has 1 aliphatic heterocycles. The number of allylic oxidation sites excluding steroid dienone is 16. The first-order chi connectivity index (χ1) is 32.0. The number of ether oxygens (including phenoxy) is 4. The number of esters is 2. The predicted octanol–water partition coefficient (Wildman–Crippen LogP) is 11.0. The molecule has 0 bridgehead atoms. The fourth-order valence-corrected chi connectivity index (χ4v) is 7.47. The molecule has 4 N–H and O–H groups in total. The van der Waals surface area contributed by atoms with E-state index in [4.69, 9.17) is 18.9 Å². The Morgan fingerprint density at radius 3 is 1.45 bits per heavy atom. The van der Waals surface area contributed by atoms with E-state index in [2.05, 4.69) is 98.9 Å². The van der Waals surface area contributed by atoms with Crippen molar-refractivity contribution in [3.63, 3.8) is 0 Å².